The molecule has 2 heterocycles. The number of nitrogens with one attached hydrogen (secondary N) is 2. The van der Waals surface area contributed by atoms with Crippen LogP contribution in [0.1, 0.15) is 31.4 Å². The first-order valence-electron chi connectivity index (χ1n) is 7.02. The van der Waals surface area contributed by atoms with Gasteiger partial charge in [-0.2, -0.15) is 5.10 Å². The number of likely N-dealkylation sites (N-methyl/N-ethyl adjacent to an activating group) is 1. The lowest BCUT2D eigenvalue weighted by Gasteiger charge is -2.35. The van der Waals surface area contributed by atoms with E-state index in [4.69, 9.17) is 4.74 Å². The maximum Gasteiger partial charge on any atom is 0.242 e. The Morgan fingerprint density at radius 2 is 2.40 bits per heavy atom. The summed E-state index contributed by atoms with van der Waals surface area (Å²) in [4.78, 5) is 18.9. The van der Waals surface area contributed by atoms with Crippen molar-refractivity contribution in [2.24, 2.45) is 0 Å². The summed E-state index contributed by atoms with van der Waals surface area (Å²) in [6.45, 7) is 3.85. The van der Waals surface area contributed by atoms with E-state index in [0.717, 1.165) is 37.5 Å². The predicted octanol–water partition coefficient (Wildman–Crippen LogP) is 0.0941. The smallest absolute Gasteiger partial charge is 0.242 e. The second kappa shape index (κ2) is 6.32. The Morgan fingerprint density at radius 3 is 3.00 bits per heavy atom. The highest BCUT2D eigenvalue weighted by atomic mass is 16.5. The Morgan fingerprint density at radius 1 is 1.60 bits per heavy atom. The average Bonchev–Trinajstić information content (AvgIpc) is 3.07. The third-order valence-electron chi connectivity index (χ3n) is 3.89. The zero-order chi connectivity index (χ0) is 14.6. The first-order chi connectivity index (χ1) is 9.66. The van der Waals surface area contributed by atoms with E-state index in [2.05, 4.69) is 25.4 Å². The van der Waals surface area contributed by atoms with Crippen LogP contribution in [0.25, 0.3) is 0 Å². The molecular weight excluding hydrogens is 258 g/mol. The molecule has 7 heteroatoms. The van der Waals surface area contributed by atoms with Crippen molar-refractivity contribution in [2.45, 2.75) is 38.3 Å². The molecule has 0 aromatic carbocycles. The molecule has 1 aliphatic rings. The van der Waals surface area contributed by atoms with E-state index in [1.165, 1.54) is 0 Å². The summed E-state index contributed by atoms with van der Waals surface area (Å²) in [5.74, 6) is 1.61. The largest absolute Gasteiger partial charge is 0.382 e. The van der Waals surface area contributed by atoms with E-state index in [1.54, 1.807) is 14.2 Å². The van der Waals surface area contributed by atoms with Crippen LogP contribution in [-0.2, 0) is 22.5 Å². The van der Waals surface area contributed by atoms with Crippen molar-refractivity contribution in [3.8, 4) is 0 Å². The number of ether oxygens (including phenoxy) is 1. The first kappa shape index (κ1) is 14.9. The van der Waals surface area contributed by atoms with Crippen LogP contribution in [0.2, 0.25) is 0 Å². The molecule has 2 N–H and O–H groups in total. The van der Waals surface area contributed by atoms with Crippen LogP contribution < -0.4 is 5.32 Å². The number of H-pyrrole nitrogens is 1. The molecule has 112 valence electrons. The van der Waals surface area contributed by atoms with Gasteiger partial charge in [-0.15, -0.1) is 0 Å². The third kappa shape index (κ3) is 2.69. The van der Waals surface area contributed by atoms with Gasteiger partial charge in [-0.3, -0.25) is 14.8 Å². The molecule has 0 aliphatic carbocycles. The van der Waals surface area contributed by atoms with Gasteiger partial charge >= 0.3 is 0 Å². The van der Waals surface area contributed by atoms with Crippen molar-refractivity contribution >= 4 is 5.91 Å². The molecule has 1 fully saturated rings. The monoisotopic (exact) mass is 281 g/mol. The number of hydrogen-bond acceptors (Lipinski definition) is 5. The highest BCUT2D eigenvalue weighted by molar-refractivity contribution is 5.86. The van der Waals surface area contributed by atoms with Crippen molar-refractivity contribution in [3.05, 3.63) is 11.6 Å². The van der Waals surface area contributed by atoms with E-state index in [-0.39, 0.29) is 5.91 Å². The molecular formula is C13H23N5O2. The van der Waals surface area contributed by atoms with Gasteiger partial charge in [0.15, 0.2) is 0 Å². The number of nitrogens with zero attached hydrogens (tertiary/aromatic N) is 3. The fourth-order valence-corrected chi connectivity index (χ4v) is 2.87. The number of carbonyl (C=O) groups is 1. The number of likely N-dealkylation sites (tertiary alicyclic amines) is 1. The Labute approximate surface area is 119 Å². The Kier molecular flexibility index (Phi) is 4.72. The predicted molar refractivity (Wildman–Crippen MR) is 74.1 cm³/mol. The maximum atomic E-state index is 12.3. The summed E-state index contributed by atoms with van der Waals surface area (Å²) in [5.41, 5.74) is -0.595. The van der Waals surface area contributed by atoms with E-state index < -0.39 is 5.54 Å². The van der Waals surface area contributed by atoms with Gasteiger partial charge in [-0.05, 0) is 19.4 Å². The molecule has 1 aliphatic heterocycles. The van der Waals surface area contributed by atoms with Crippen LogP contribution in [-0.4, -0.2) is 58.8 Å². The van der Waals surface area contributed by atoms with Crippen molar-refractivity contribution in [1.82, 2.24) is 25.4 Å². The van der Waals surface area contributed by atoms with Gasteiger partial charge in [0, 0.05) is 20.6 Å². The summed E-state index contributed by atoms with van der Waals surface area (Å²) >= 11 is 0. The molecule has 1 aromatic rings. The van der Waals surface area contributed by atoms with E-state index >= 15 is 0 Å². The highest BCUT2D eigenvalue weighted by Crippen LogP contribution is 2.31. The summed E-state index contributed by atoms with van der Waals surface area (Å²) in [6.07, 6.45) is 2.58. The summed E-state index contributed by atoms with van der Waals surface area (Å²) in [6, 6.07) is 0. The topological polar surface area (TPSA) is 83.1 Å². The third-order valence-corrected chi connectivity index (χ3v) is 3.89. The maximum absolute atomic E-state index is 12.3. The van der Waals surface area contributed by atoms with Gasteiger partial charge in [-0.25, -0.2) is 4.98 Å². The minimum Gasteiger partial charge on any atom is -0.382 e. The van der Waals surface area contributed by atoms with E-state index in [0.29, 0.717) is 13.2 Å². The Hall–Kier alpha value is -1.47. The van der Waals surface area contributed by atoms with Crippen LogP contribution >= 0.6 is 0 Å². The number of amides is 1. The number of rotatable bonds is 6. The number of carbonyl (C=O) groups excluding carboxylic acids is 1. The quantitative estimate of drug-likeness (QED) is 0.772. The zero-order valence-electron chi connectivity index (χ0n) is 12.4. The number of aromatic amines is 1. The highest BCUT2D eigenvalue weighted by Gasteiger charge is 2.47. The normalized spacial score (nSPS) is 23.1. The lowest BCUT2D eigenvalue weighted by Crippen LogP contribution is -2.57. The molecule has 2 rings (SSSR count). The SMILES string of the molecule is CCc1n[nH]c(CN2CCCC2(COC)C(=O)NC)n1. The lowest BCUT2D eigenvalue weighted by molar-refractivity contribution is -0.135. The van der Waals surface area contributed by atoms with Gasteiger partial charge in [-0.1, -0.05) is 6.92 Å². The molecule has 1 atom stereocenters. The fourth-order valence-electron chi connectivity index (χ4n) is 2.87. The first-order valence-corrected chi connectivity index (χ1v) is 7.02. The van der Waals surface area contributed by atoms with Crippen molar-refractivity contribution in [3.63, 3.8) is 0 Å². The second-order valence-corrected chi connectivity index (χ2v) is 5.12. The van der Waals surface area contributed by atoms with Crippen molar-refractivity contribution < 1.29 is 9.53 Å². The van der Waals surface area contributed by atoms with Gasteiger partial charge in [0.1, 0.15) is 17.2 Å². The average molecular weight is 281 g/mol. The van der Waals surface area contributed by atoms with Crippen LogP contribution in [0, 0.1) is 0 Å². The number of aryl methyl sites for hydroxylation is 1. The molecule has 7 nitrogen and oxygen atoms in total. The molecule has 1 saturated heterocycles. The molecule has 1 amide bonds. The van der Waals surface area contributed by atoms with Crippen molar-refractivity contribution in [1.29, 1.82) is 0 Å². The lowest BCUT2D eigenvalue weighted by atomic mass is 9.96. The Balaban J connectivity index is 2.17. The molecule has 20 heavy (non-hydrogen) atoms. The molecule has 0 spiro atoms. The second-order valence-electron chi connectivity index (χ2n) is 5.12. The number of hydrogen-bond donors (Lipinski definition) is 2. The minimum atomic E-state index is -0.595. The molecule has 1 aromatic heterocycles. The Bertz CT molecular complexity index is 461. The van der Waals surface area contributed by atoms with Gasteiger partial charge < -0.3 is 10.1 Å². The molecule has 0 bridgehead atoms. The molecule has 1 unspecified atom stereocenters. The molecule has 0 radical (unpaired) electrons. The van der Waals surface area contributed by atoms with Crippen LogP contribution in [0.15, 0.2) is 0 Å². The number of aromatic nitrogens is 3. The van der Waals surface area contributed by atoms with Crippen LogP contribution in [0.3, 0.4) is 0 Å². The number of methoxy groups -OCH3 is 1. The molecule has 0 saturated carbocycles. The van der Waals surface area contributed by atoms with Crippen LogP contribution in [0.5, 0.6) is 0 Å². The zero-order valence-corrected chi connectivity index (χ0v) is 12.4. The van der Waals surface area contributed by atoms with Gasteiger partial charge in [0.2, 0.25) is 5.91 Å². The van der Waals surface area contributed by atoms with Gasteiger partial charge in [0.05, 0.1) is 13.2 Å². The standard InChI is InChI=1S/C13H23N5O2/c1-4-10-15-11(17-16-10)8-18-7-5-6-13(18,9-20-3)12(19)14-2/h4-9H2,1-3H3,(H,14,19)(H,15,16,17). The van der Waals surface area contributed by atoms with Crippen molar-refractivity contribution in [2.75, 3.05) is 27.3 Å². The minimum absolute atomic E-state index is 0.00656. The van der Waals surface area contributed by atoms with E-state index in [1.807, 2.05) is 6.92 Å². The van der Waals surface area contributed by atoms with Gasteiger partial charge in [0.25, 0.3) is 0 Å². The fraction of sp³-hybridized carbons (Fsp3) is 0.769. The summed E-state index contributed by atoms with van der Waals surface area (Å²) < 4.78 is 5.30. The summed E-state index contributed by atoms with van der Waals surface area (Å²) in [7, 11) is 3.30. The van der Waals surface area contributed by atoms with Crippen LogP contribution in [0.4, 0.5) is 0 Å². The van der Waals surface area contributed by atoms with E-state index in [9.17, 15) is 4.79 Å². The summed E-state index contributed by atoms with van der Waals surface area (Å²) in [5, 5.41) is 9.84.